The number of nitrogens with one attached hydrogen (secondary N) is 2. The van der Waals surface area contributed by atoms with Crippen LogP contribution in [0.2, 0.25) is 0 Å². The first-order chi connectivity index (χ1) is 19.3. The number of rotatable bonds is 10. The monoisotopic (exact) mass is 587 g/mol. The van der Waals surface area contributed by atoms with Crippen molar-refractivity contribution < 1.29 is 13.2 Å². The van der Waals surface area contributed by atoms with Crippen molar-refractivity contribution in [1.29, 1.82) is 0 Å². The molecule has 0 spiro atoms. The van der Waals surface area contributed by atoms with Crippen molar-refractivity contribution in [2.45, 2.75) is 25.3 Å². The molecular weight excluding hydrogens is 546 g/mol. The predicted octanol–water partition coefficient (Wildman–Crippen LogP) is 3.05. The third-order valence-electron chi connectivity index (χ3n) is 6.32. The number of piperazine rings is 1. The molecule has 0 amide bonds. The lowest BCUT2D eigenvalue weighted by Crippen LogP contribution is -2.52. The minimum atomic E-state index is -3.76. The van der Waals surface area contributed by atoms with E-state index in [1.165, 1.54) is 4.31 Å². The van der Waals surface area contributed by atoms with Gasteiger partial charge in [-0.15, -0.1) is 0 Å². The van der Waals surface area contributed by atoms with E-state index in [9.17, 15) is 8.42 Å². The van der Waals surface area contributed by atoms with E-state index >= 15 is 0 Å². The fourth-order valence-corrected chi connectivity index (χ4v) is 5.68. The summed E-state index contributed by atoms with van der Waals surface area (Å²) < 4.78 is 33.4. The topological polar surface area (TPSA) is 120 Å². The van der Waals surface area contributed by atoms with E-state index in [0.717, 1.165) is 43.5 Å². The molecule has 1 aliphatic rings. The summed E-state index contributed by atoms with van der Waals surface area (Å²) >= 11 is 5.48. The van der Waals surface area contributed by atoms with Gasteiger partial charge in [0.05, 0.1) is 35.8 Å². The van der Waals surface area contributed by atoms with Gasteiger partial charge < -0.3 is 30.6 Å². The first-order valence-electron chi connectivity index (χ1n) is 13.4. The molecule has 2 heterocycles. The predicted molar refractivity (Wildman–Crippen MR) is 165 cm³/mol. The van der Waals surface area contributed by atoms with Crippen LogP contribution in [0.4, 0.5) is 11.4 Å². The Morgan fingerprint density at radius 1 is 1.12 bits per heavy atom. The van der Waals surface area contributed by atoms with Crippen molar-refractivity contribution in [1.82, 2.24) is 20.2 Å². The Kier molecular flexibility index (Phi) is 12.2. The number of aromatic nitrogens is 2. The molecule has 40 heavy (non-hydrogen) atoms. The fraction of sp³-hybridized carbons (Fsp3) is 0.429. The second kappa shape index (κ2) is 15.6. The van der Waals surface area contributed by atoms with Crippen LogP contribution in [0.25, 0.3) is 0 Å². The summed E-state index contributed by atoms with van der Waals surface area (Å²) in [6.07, 6.45) is 3.18. The van der Waals surface area contributed by atoms with E-state index in [2.05, 4.69) is 38.9 Å². The Hall–Kier alpha value is -3.19. The standard InChI is InChI=1S/C24H30N6O3S2.C4H11N/c1-33-16-11-26-24(34)29-14-12-28(13-15-29)21-7-9-22(10-8-21)30(18-20-17-25-19-27-20)35(31,32)23-5-3-2-4-6-23;1-4(2)3-5/h2-10,17,19H,11-16,18H2,1H3,(H,25,27)(H,26,34);4H,3,5H2,1-2H3. The van der Waals surface area contributed by atoms with Gasteiger partial charge in [0.2, 0.25) is 0 Å². The normalized spacial score (nSPS) is 13.5. The lowest BCUT2D eigenvalue weighted by atomic mass is 10.2. The fourth-order valence-electron chi connectivity index (χ4n) is 3.93. The molecule has 2 aromatic carbocycles. The summed E-state index contributed by atoms with van der Waals surface area (Å²) in [6.45, 7) is 9.74. The number of imidazole rings is 1. The minimum absolute atomic E-state index is 0.156. The van der Waals surface area contributed by atoms with Gasteiger partial charge in [0.1, 0.15) is 0 Å². The highest BCUT2D eigenvalue weighted by Crippen LogP contribution is 2.28. The number of methoxy groups -OCH3 is 1. The number of H-pyrrole nitrogens is 1. The SMILES string of the molecule is CC(C)CN.COCCNC(=S)N1CCN(c2ccc(N(Cc3cnc[nH]3)S(=O)(=O)c3ccccc3)cc2)CC1. The van der Waals surface area contributed by atoms with Crippen LogP contribution in [-0.2, 0) is 21.3 Å². The summed E-state index contributed by atoms with van der Waals surface area (Å²) in [5.74, 6) is 0.662. The number of benzene rings is 2. The van der Waals surface area contributed by atoms with E-state index in [-0.39, 0.29) is 11.4 Å². The van der Waals surface area contributed by atoms with Crippen LogP contribution in [-0.4, -0.2) is 81.4 Å². The van der Waals surface area contributed by atoms with Gasteiger partial charge in [-0.1, -0.05) is 32.0 Å². The second-order valence-corrected chi connectivity index (χ2v) is 12.0. The second-order valence-electron chi connectivity index (χ2n) is 9.75. The minimum Gasteiger partial charge on any atom is -0.383 e. The molecular formula is C28H41N7O3S2. The van der Waals surface area contributed by atoms with E-state index in [1.807, 2.05) is 24.3 Å². The number of anilines is 2. The summed E-state index contributed by atoms with van der Waals surface area (Å²) in [7, 11) is -2.09. The molecule has 1 saturated heterocycles. The third kappa shape index (κ3) is 8.91. The van der Waals surface area contributed by atoms with Crippen molar-refractivity contribution >= 4 is 38.7 Å². The van der Waals surface area contributed by atoms with Crippen molar-refractivity contribution in [3.05, 3.63) is 72.8 Å². The number of sulfonamides is 1. The molecule has 0 bridgehead atoms. The van der Waals surface area contributed by atoms with Gasteiger partial charge in [-0.2, -0.15) is 0 Å². The van der Waals surface area contributed by atoms with Crippen molar-refractivity contribution in [2.24, 2.45) is 11.7 Å². The zero-order chi connectivity index (χ0) is 29.0. The molecule has 3 aromatic rings. The molecule has 0 aliphatic carbocycles. The number of aromatic amines is 1. The quantitative estimate of drug-likeness (QED) is 0.243. The molecule has 1 fully saturated rings. The molecule has 4 rings (SSSR count). The van der Waals surface area contributed by atoms with Crippen LogP contribution in [0.5, 0.6) is 0 Å². The molecule has 0 saturated carbocycles. The first-order valence-corrected chi connectivity index (χ1v) is 15.2. The van der Waals surface area contributed by atoms with Crippen molar-refractivity contribution in [2.75, 3.05) is 62.2 Å². The number of hydrogen-bond acceptors (Lipinski definition) is 7. The van der Waals surface area contributed by atoms with Crippen molar-refractivity contribution in [3.8, 4) is 0 Å². The first kappa shape index (κ1) is 31.3. The van der Waals surface area contributed by atoms with Crippen LogP contribution in [0.1, 0.15) is 19.5 Å². The Morgan fingerprint density at radius 2 is 1.77 bits per heavy atom. The molecule has 0 atom stereocenters. The number of nitrogens with zero attached hydrogens (tertiary/aromatic N) is 4. The average molecular weight is 588 g/mol. The Bertz CT molecular complexity index is 1250. The van der Waals surface area contributed by atoms with Gasteiger partial charge in [0, 0.05) is 51.7 Å². The Balaban J connectivity index is 0.000000810. The van der Waals surface area contributed by atoms with E-state index in [4.69, 9.17) is 22.7 Å². The van der Waals surface area contributed by atoms with Gasteiger partial charge in [-0.25, -0.2) is 13.4 Å². The maximum absolute atomic E-state index is 13.5. The highest BCUT2D eigenvalue weighted by molar-refractivity contribution is 7.92. The molecule has 0 radical (unpaired) electrons. The maximum atomic E-state index is 13.5. The smallest absolute Gasteiger partial charge is 0.264 e. The lowest BCUT2D eigenvalue weighted by molar-refractivity contribution is 0.202. The molecule has 1 aliphatic heterocycles. The molecule has 10 nitrogen and oxygen atoms in total. The summed E-state index contributed by atoms with van der Waals surface area (Å²) in [5, 5.41) is 3.97. The Labute approximate surface area is 243 Å². The molecule has 4 N–H and O–H groups in total. The van der Waals surface area contributed by atoms with E-state index < -0.39 is 10.0 Å². The van der Waals surface area contributed by atoms with Crippen LogP contribution >= 0.6 is 12.2 Å². The molecule has 218 valence electrons. The zero-order valence-corrected chi connectivity index (χ0v) is 25.1. The summed E-state index contributed by atoms with van der Waals surface area (Å²) in [5.41, 5.74) is 7.52. The van der Waals surface area contributed by atoms with Gasteiger partial charge in [-0.3, -0.25) is 4.31 Å². The zero-order valence-electron chi connectivity index (χ0n) is 23.5. The van der Waals surface area contributed by atoms with Gasteiger partial charge >= 0.3 is 0 Å². The van der Waals surface area contributed by atoms with Crippen LogP contribution < -0.4 is 20.3 Å². The number of hydrogen-bond donors (Lipinski definition) is 3. The van der Waals surface area contributed by atoms with Gasteiger partial charge in [0.15, 0.2) is 5.11 Å². The van der Waals surface area contributed by atoms with Crippen molar-refractivity contribution in [3.63, 3.8) is 0 Å². The van der Waals surface area contributed by atoms with Gasteiger partial charge in [-0.05, 0) is 61.1 Å². The average Bonchev–Trinajstić information content (AvgIpc) is 3.50. The van der Waals surface area contributed by atoms with Crippen LogP contribution in [0.3, 0.4) is 0 Å². The van der Waals surface area contributed by atoms with Crippen LogP contribution in [0, 0.1) is 5.92 Å². The molecule has 1 aromatic heterocycles. The lowest BCUT2D eigenvalue weighted by Gasteiger charge is -2.37. The number of thiocarbonyl (C=S) groups is 1. The maximum Gasteiger partial charge on any atom is 0.264 e. The highest BCUT2D eigenvalue weighted by Gasteiger charge is 2.26. The summed E-state index contributed by atoms with van der Waals surface area (Å²) in [6, 6.07) is 16.1. The largest absolute Gasteiger partial charge is 0.383 e. The summed E-state index contributed by atoms with van der Waals surface area (Å²) in [4.78, 5) is 11.7. The molecule has 12 heteroatoms. The van der Waals surface area contributed by atoms with Gasteiger partial charge in [0.25, 0.3) is 10.0 Å². The number of ether oxygens (including phenoxy) is 1. The Morgan fingerprint density at radius 3 is 2.33 bits per heavy atom. The van der Waals surface area contributed by atoms with E-state index in [0.29, 0.717) is 30.5 Å². The molecule has 0 unspecified atom stereocenters. The highest BCUT2D eigenvalue weighted by atomic mass is 32.2. The van der Waals surface area contributed by atoms with Crippen LogP contribution in [0.15, 0.2) is 72.0 Å². The number of nitrogens with two attached hydrogens (primary N) is 1. The third-order valence-corrected chi connectivity index (χ3v) is 8.51. The van der Waals surface area contributed by atoms with E-state index in [1.54, 1.807) is 50.0 Å².